The van der Waals surface area contributed by atoms with Crippen LogP contribution in [0.4, 0.5) is 15.8 Å². The second kappa shape index (κ2) is 8.45. The summed E-state index contributed by atoms with van der Waals surface area (Å²) in [7, 11) is -0.533. The van der Waals surface area contributed by atoms with E-state index in [1.807, 2.05) is 0 Å². The average molecular weight is 412 g/mol. The molecule has 1 amide bonds. The molecule has 150 valence electrons. The summed E-state index contributed by atoms with van der Waals surface area (Å²) in [5.41, 5.74) is 1.84. The van der Waals surface area contributed by atoms with Gasteiger partial charge < -0.3 is 4.90 Å². The molecule has 0 saturated heterocycles. The van der Waals surface area contributed by atoms with Gasteiger partial charge in [-0.25, -0.2) is 12.8 Å². The summed E-state index contributed by atoms with van der Waals surface area (Å²) in [6.45, 7) is 0. The number of hydrogen-bond acceptors (Lipinski definition) is 3. The monoisotopic (exact) mass is 412 g/mol. The van der Waals surface area contributed by atoms with E-state index in [1.165, 1.54) is 28.4 Å². The number of benzene rings is 3. The van der Waals surface area contributed by atoms with Gasteiger partial charge in [-0.1, -0.05) is 30.3 Å². The molecule has 0 aliphatic carbocycles. The first-order valence-corrected chi connectivity index (χ1v) is 10.4. The van der Waals surface area contributed by atoms with Gasteiger partial charge in [-0.15, -0.1) is 0 Å². The van der Waals surface area contributed by atoms with Crippen LogP contribution in [0.15, 0.2) is 83.8 Å². The van der Waals surface area contributed by atoms with Crippen molar-refractivity contribution in [1.29, 1.82) is 0 Å². The molecule has 0 aliphatic heterocycles. The molecular formula is C22H21FN2O3S. The van der Waals surface area contributed by atoms with Crippen LogP contribution in [0, 0.1) is 5.82 Å². The number of halogens is 1. The third-order valence-electron chi connectivity index (χ3n) is 4.64. The molecule has 3 aromatic carbocycles. The topological polar surface area (TPSA) is 57.7 Å². The number of hydrogen-bond donors (Lipinski definition) is 0. The summed E-state index contributed by atoms with van der Waals surface area (Å²) < 4.78 is 39.7. The predicted molar refractivity (Wildman–Crippen MR) is 112 cm³/mol. The van der Waals surface area contributed by atoms with Crippen molar-refractivity contribution in [3.63, 3.8) is 0 Å². The second-order valence-corrected chi connectivity index (χ2v) is 8.53. The molecule has 0 fully saturated rings. The van der Waals surface area contributed by atoms with Crippen LogP contribution < -0.4 is 9.21 Å². The van der Waals surface area contributed by atoms with Crippen LogP contribution in [-0.2, 0) is 21.2 Å². The summed E-state index contributed by atoms with van der Waals surface area (Å²) in [5.74, 6) is -0.519. The van der Waals surface area contributed by atoms with Gasteiger partial charge in [-0.05, 0) is 54.1 Å². The molecule has 7 heteroatoms. The highest BCUT2D eigenvalue weighted by Crippen LogP contribution is 2.23. The maximum Gasteiger partial charge on any atom is 0.264 e. The lowest BCUT2D eigenvalue weighted by atomic mass is 10.1. The Morgan fingerprint density at radius 2 is 1.38 bits per heavy atom. The lowest BCUT2D eigenvalue weighted by Crippen LogP contribution is -2.28. The summed E-state index contributed by atoms with van der Waals surface area (Å²) in [6, 6.07) is 20.7. The van der Waals surface area contributed by atoms with Gasteiger partial charge in [0.15, 0.2) is 0 Å². The quantitative estimate of drug-likeness (QED) is 0.618. The van der Waals surface area contributed by atoms with Crippen LogP contribution in [0.5, 0.6) is 0 Å². The minimum Gasteiger partial charge on any atom is -0.315 e. The van der Waals surface area contributed by atoms with Crippen LogP contribution in [0.3, 0.4) is 0 Å². The molecule has 0 atom stereocenters. The van der Waals surface area contributed by atoms with Gasteiger partial charge in [0.1, 0.15) is 5.82 Å². The zero-order valence-electron chi connectivity index (χ0n) is 16.1. The standard InChI is InChI=1S/C22H21FN2O3S/c1-24(19-14-10-18(23)11-15-19)22(26)16-17-8-12-20(13-9-17)25(2)29(27,28)21-6-4-3-5-7-21/h3-15H,16H2,1-2H3. The molecule has 0 bridgehead atoms. The lowest BCUT2D eigenvalue weighted by Gasteiger charge is -2.20. The van der Waals surface area contributed by atoms with Gasteiger partial charge in [0, 0.05) is 19.8 Å². The van der Waals surface area contributed by atoms with Crippen LogP contribution in [-0.4, -0.2) is 28.4 Å². The molecule has 0 aliphatic rings. The van der Waals surface area contributed by atoms with E-state index in [4.69, 9.17) is 0 Å². The van der Waals surface area contributed by atoms with Gasteiger partial charge in [-0.2, -0.15) is 0 Å². The van der Waals surface area contributed by atoms with E-state index in [1.54, 1.807) is 73.8 Å². The highest BCUT2D eigenvalue weighted by Gasteiger charge is 2.21. The molecule has 0 aromatic heterocycles. The number of sulfonamides is 1. The lowest BCUT2D eigenvalue weighted by molar-refractivity contribution is -0.117. The molecule has 0 N–H and O–H groups in total. The zero-order chi connectivity index (χ0) is 21.0. The summed E-state index contributed by atoms with van der Waals surface area (Å²) in [5, 5.41) is 0. The Kier molecular flexibility index (Phi) is 5.98. The van der Waals surface area contributed by atoms with E-state index in [-0.39, 0.29) is 23.0 Å². The Bertz CT molecular complexity index is 1080. The number of likely N-dealkylation sites (N-methyl/N-ethyl adjacent to an activating group) is 1. The van der Waals surface area contributed by atoms with Crippen molar-refractivity contribution in [2.24, 2.45) is 0 Å². The fraction of sp³-hybridized carbons (Fsp3) is 0.136. The van der Waals surface area contributed by atoms with Gasteiger partial charge in [0.2, 0.25) is 5.91 Å². The predicted octanol–water partition coefficient (Wildman–Crippen LogP) is 3.86. The Hall–Kier alpha value is -3.19. The first kappa shape index (κ1) is 20.5. The zero-order valence-corrected chi connectivity index (χ0v) is 16.9. The van der Waals surface area contributed by atoms with E-state index in [0.717, 1.165) is 5.56 Å². The van der Waals surface area contributed by atoms with Crippen molar-refractivity contribution < 1.29 is 17.6 Å². The molecular weight excluding hydrogens is 391 g/mol. The number of carbonyl (C=O) groups is 1. The van der Waals surface area contributed by atoms with Crippen molar-refractivity contribution in [3.8, 4) is 0 Å². The summed E-state index contributed by atoms with van der Waals surface area (Å²) in [4.78, 5) is 14.2. The Morgan fingerprint density at radius 3 is 1.97 bits per heavy atom. The van der Waals surface area contributed by atoms with E-state index in [0.29, 0.717) is 11.4 Å². The van der Waals surface area contributed by atoms with Crippen LogP contribution in [0.1, 0.15) is 5.56 Å². The largest absolute Gasteiger partial charge is 0.315 e. The number of rotatable bonds is 6. The Balaban J connectivity index is 1.71. The van der Waals surface area contributed by atoms with Gasteiger partial charge in [0.05, 0.1) is 17.0 Å². The molecule has 3 rings (SSSR count). The molecule has 0 saturated carbocycles. The van der Waals surface area contributed by atoms with Crippen LogP contribution >= 0.6 is 0 Å². The second-order valence-electron chi connectivity index (χ2n) is 6.56. The van der Waals surface area contributed by atoms with Crippen molar-refractivity contribution in [1.82, 2.24) is 0 Å². The van der Waals surface area contributed by atoms with Crippen molar-refractivity contribution in [2.75, 3.05) is 23.3 Å². The van der Waals surface area contributed by atoms with Gasteiger partial charge >= 0.3 is 0 Å². The number of carbonyl (C=O) groups excluding carboxylic acids is 1. The molecule has 0 spiro atoms. The van der Waals surface area contributed by atoms with Crippen LogP contribution in [0.25, 0.3) is 0 Å². The van der Waals surface area contributed by atoms with E-state index < -0.39 is 10.0 Å². The molecule has 0 heterocycles. The highest BCUT2D eigenvalue weighted by molar-refractivity contribution is 7.92. The highest BCUT2D eigenvalue weighted by atomic mass is 32.2. The normalized spacial score (nSPS) is 11.1. The van der Waals surface area contributed by atoms with E-state index >= 15 is 0 Å². The Morgan fingerprint density at radius 1 is 0.828 bits per heavy atom. The smallest absolute Gasteiger partial charge is 0.264 e. The first-order chi connectivity index (χ1) is 13.8. The number of nitrogens with zero attached hydrogens (tertiary/aromatic N) is 2. The first-order valence-electron chi connectivity index (χ1n) is 8.94. The summed E-state index contributed by atoms with van der Waals surface area (Å²) >= 11 is 0. The molecule has 0 unspecified atom stereocenters. The molecule has 5 nitrogen and oxygen atoms in total. The fourth-order valence-corrected chi connectivity index (χ4v) is 4.03. The van der Waals surface area contributed by atoms with Gasteiger partial charge in [0.25, 0.3) is 10.0 Å². The third-order valence-corrected chi connectivity index (χ3v) is 6.44. The molecule has 29 heavy (non-hydrogen) atoms. The SMILES string of the molecule is CN(C(=O)Cc1ccc(N(C)S(=O)(=O)c2ccccc2)cc1)c1ccc(F)cc1. The van der Waals surface area contributed by atoms with Crippen molar-refractivity contribution >= 4 is 27.3 Å². The van der Waals surface area contributed by atoms with E-state index in [2.05, 4.69) is 0 Å². The summed E-state index contributed by atoms with van der Waals surface area (Å²) in [6.07, 6.45) is 0.142. The third kappa shape index (κ3) is 4.63. The van der Waals surface area contributed by atoms with Crippen molar-refractivity contribution in [2.45, 2.75) is 11.3 Å². The maximum absolute atomic E-state index is 13.0. The van der Waals surface area contributed by atoms with Gasteiger partial charge in [-0.3, -0.25) is 9.10 Å². The average Bonchev–Trinajstić information content (AvgIpc) is 2.74. The minimum absolute atomic E-state index is 0.142. The molecule has 0 radical (unpaired) electrons. The minimum atomic E-state index is -3.65. The molecule has 3 aromatic rings. The van der Waals surface area contributed by atoms with E-state index in [9.17, 15) is 17.6 Å². The van der Waals surface area contributed by atoms with Crippen LogP contribution in [0.2, 0.25) is 0 Å². The fourth-order valence-electron chi connectivity index (χ4n) is 2.81. The van der Waals surface area contributed by atoms with Crippen molar-refractivity contribution in [3.05, 3.63) is 90.2 Å². The maximum atomic E-state index is 13.0. The Labute approximate surface area is 170 Å². The number of amides is 1. The number of anilines is 2.